The molecule has 100 valence electrons. The Hall–Kier alpha value is -1.56. The molecule has 0 bridgehead atoms. The molecule has 0 aliphatic heterocycles. The van der Waals surface area contributed by atoms with Crippen molar-refractivity contribution in [2.75, 3.05) is 0 Å². The molecule has 0 aromatic heterocycles. The molecule has 0 unspecified atom stereocenters. The molecule has 1 fully saturated rings. The molecule has 0 N–H and O–H groups in total. The Kier molecular flexibility index (Phi) is 3.54. The van der Waals surface area contributed by atoms with Crippen molar-refractivity contribution in [1.29, 1.82) is 0 Å². The van der Waals surface area contributed by atoms with Crippen LogP contribution in [0.4, 0.5) is 0 Å². The molecule has 6 nitrogen and oxygen atoms in total. The van der Waals surface area contributed by atoms with Gasteiger partial charge in [-0.3, -0.25) is 4.79 Å². The van der Waals surface area contributed by atoms with E-state index >= 15 is 0 Å². The molecule has 0 amide bonds. The fourth-order valence-corrected chi connectivity index (χ4v) is 4.19. The first-order valence-corrected chi connectivity index (χ1v) is 7.40. The van der Waals surface area contributed by atoms with Gasteiger partial charge in [0.2, 0.25) is 5.24 Å². The van der Waals surface area contributed by atoms with Crippen molar-refractivity contribution in [3.05, 3.63) is 40.8 Å². The van der Waals surface area contributed by atoms with Gasteiger partial charge in [0.1, 0.15) is 5.54 Å². The number of hydrogen-bond acceptors (Lipinski definition) is 4. The predicted molar refractivity (Wildman–Crippen MR) is 69.4 cm³/mol. The second-order valence-electron chi connectivity index (χ2n) is 4.38. The monoisotopic (exact) mass is 299 g/mol. The number of carbonyl (C=O) groups excluding carboxylic acids is 1. The topological polar surface area (TPSA) is 100.0 Å². The summed E-state index contributed by atoms with van der Waals surface area (Å²) in [7, 11) is -3.52. The number of azide groups is 1. The molecule has 0 atom stereocenters. The highest BCUT2D eigenvalue weighted by Crippen LogP contribution is 2.43. The molecule has 0 radical (unpaired) electrons. The van der Waals surface area contributed by atoms with Crippen molar-refractivity contribution in [2.24, 2.45) is 5.11 Å². The zero-order chi connectivity index (χ0) is 14.1. The second kappa shape index (κ2) is 4.85. The van der Waals surface area contributed by atoms with Gasteiger partial charge in [-0.25, -0.2) is 8.42 Å². The Balaban J connectivity index is 2.25. The highest BCUT2D eigenvalue weighted by molar-refractivity contribution is 7.92. The molecule has 1 aromatic rings. The van der Waals surface area contributed by atoms with Gasteiger partial charge >= 0.3 is 0 Å². The average Bonchev–Trinajstić information content (AvgIpc) is 2.33. The summed E-state index contributed by atoms with van der Waals surface area (Å²) in [6.45, 7) is 0. The number of hydrogen-bond donors (Lipinski definition) is 0. The summed E-state index contributed by atoms with van der Waals surface area (Å²) in [6, 6.07) is 7.95. The van der Waals surface area contributed by atoms with E-state index in [2.05, 4.69) is 10.0 Å². The van der Waals surface area contributed by atoms with E-state index in [-0.39, 0.29) is 17.7 Å². The minimum absolute atomic E-state index is 0.0728. The quantitative estimate of drug-likeness (QED) is 0.369. The van der Waals surface area contributed by atoms with Crippen LogP contribution in [0.25, 0.3) is 10.4 Å². The van der Waals surface area contributed by atoms with Gasteiger partial charge in [0.25, 0.3) is 0 Å². The van der Waals surface area contributed by atoms with Crippen molar-refractivity contribution in [3.63, 3.8) is 0 Å². The Morgan fingerprint density at radius 3 is 2.42 bits per heavy atom. The molecule has 1 aromatic carbocycles. The van der Waals surface area contributed by atoms with Gasteiger partial charge in [0.05, 0.1) is 10.1 Å². The van der Waals surface area contributed by atoms with E-state index in [1.54, 1.807) is 18.2 Å². The van der Waals surface area contributed by atoms with Crippen LogP contribution in [0, 0.1) is 0 Å². The molecule has 0 saturated heterocycles. The fraction of sp³-hybridized carbons (Fsp3) is 0.364. The van der Waals surface area contributed by atoms with Crippen LogP contribution in [0.5, 0.6) is 0 Å². The predicted octanol–water partition coefficient (Wildman–Crippen LogP) is 2.44. The van der Waals surface area contributed by atoms with Crippen molar-refractivity contribution >= 4 is 26.7 Å². The maximum atomic E-state index is 12.2. The third kappa shape index (κ3) is 2.32. The lowest BCUT2D eigenvalue weighted by molar-refractivity contribution is -0.118. The van der Waals surface area contributed by atoms with Crippen LogP contribution in [0.2, 0.25) is 0 Å². The minimum Gasteiger partial charge on any atom is -0.281 e. The summed E-state index contributed by atoms with van der Waals surface area (Å²) in [5.41, 5.74) is 7.01. The number of benzene rings is 1. The lowest BCUT2D eigenvalue weighted by Crippen LogP contribution is -2.52. The molecule has 1 aliphatic carbocycles. The number of carbonyl (C=O) groups is 1. The molecule has 0 heterocycles. The summed E-state index contributed by atoms with van der Waals surface area (Å²) < 4.78 is 24.5. The smallest absolute Gasteiger partial charge is 0.233 e. The number of sulfone groups is 1. The molecule has 8 heteroatoms. The van der Waals surface area contributed by atoms with Crippen LogP contribution >= 0.6 is 11.6 Å². The van der Waals surface area contributed by atoms with Crippen LogP contribution in [-0.2, 0) is 14.6 Å². The molecular weight excluding hydrogens is 290 g/mol. The third-order valence-corrected chi connectivity index (χ3v) is 5.74. The van der Waals surface area contributed by atoms with Gasteiger partial charge in [0, 0.05) is 4.91 Å². The van der Waals surface area contributed by atoms with Gasteiger partial charge in [-0.1, -0.05) is 23.3 Å². The Morgan fingerprint density at radius 1 is 1.37 bits per heavy atom. The van der Waals surface area contributed by atoms with Crippen molar-refractivity contribution in [3.8, 4) is 0 Å². The normalized spacial score (nSPS) is 26.1. The van der Waals surface area contributed by atoms with Crippen molar-refractivity contribution in [1.82, 2.24) is 0 Å². The van der Waals surface area contributed by atoms with E-state index < -0.39 is 25.9 Å². The SMILES string of the molecule is [N-]=[N+]=NC1(C(=O)Cl)CC(S(=O)(=O)c2ccccc2)C1. The van der Waals surface area contributed by atoms with Gasteiger partial charge in [0.15, 0.2) is 9.84 Å². The van der Waals surface area contributed by atoms with Crippen LogP contribution in [0.1, 0.15) is 12.8 Å². The lowest BCUT2D eigenvalue weighted by Gasteiger charge is -2.40. The molecule has 0 spiro atoms. The van der Waals surface area contributed by atoms with Gasteiger partial charge in [-0.2, -0.15) is 0 Å². The third-order valence-electron chi connectivity index (χ3n) is 3.24. The largest absolute Gasteiger partial charge is 0.281 e. The van der Waals surface area contributed by atoms with Crippen molar-refractivity contribution < 1.29 is 13.2 Å². The van der Waals surface area contributed by atoms with Crippen LogP contribution in [0.15, 0.2) is 40.3 Å². The fourth-order valence-electron chi connectivity index (χ4n) is 2.08. The summed E-state index contributed by atoms with van der Waals surface area (Å²) in [5.74, 6) is 0. The van der Waals surface area contributed by atoms with E-state index in [1.807, 2.05) is 0 Å². The number of rotatable bonds is 4. The molecule has 1 aliphatic rings. The summed E-state index contributed by atoms with van der Waals surface area (Å²) in [5, 5.41) is 1.79. The molecular formula is C11H10ClN3O3S. The van der Waals surface area contributed by atoms with E-state index in [1.165, 1.54) is 12.1 Å². The zero-order valence-electron chi connectivity index (χ0n) is 9.73. The van der Waals surface area contributed by atoms with Crippen molar-refractivity contribution in [2.45, 2.75) is 28.5 Å². The highest BCUT2D eigenvalue weighted by atomic mass is 35.5. The zero-order valence-corrected chi connectivity index (χ0v) is 11.3. The van der Waals surface area contributed by atoms with E-state index in [0.29, 0.717) is 0 Å². The Bertz CT molecular complexity index is 643. The first kappa shape index (κ1) is 13.9. The van der Waals surface area contributed by atoms with Gasteiger partial charge in [-0.15, -0.1) is 0 Å². The maximum absolute atomic E-state index is 12.2. The molecule has 1 saturated carbocycles. The summed E-state index contributed by atoms with van der Waals surface area (Å²) in [6.07, 6.45) is -0.146. The first-order chi connectivity index (χ1) is 8.92. The lowest BCUT2D eigenvalue weighted by atomic mass is 9.78. The van der Waals surface area contributed by atoms with Crippen LogP contribution in [0.3, 0.4) is 0 Å². The number of nitrogens with zero attached hydrogens (tertiary/aromatic N) is 3. The summed E-state index contributed by atoms with van der Waals surface area (Å²) in [4.78, 5) is 14.0. The van der Waals surface area contributed by atoms with E-state index in [0.717, 1.165) is 0 Å². The Morgan fingerprint density at radius 2 is 1.95 bits per heavy atom. The highest BCUT2D eigenvalue weighted by Gasteiger charge is 2.54. The van der Waals surface area contributed by atoms with Crippen LogP contribution in [-0.4, -0.2) is 24.4 Å². The molecule has 19 heavy (non-hydrogen) atoms. The van der Waals surface area contributed by atoms with Gasteiger partial charge in [-0.05, 0) is 42.1 Å². The van der Waals surface area contributed by atoms with Gasteiger partial charge < -0.3 is 0 Å². The second-order valence-corrected chi connectivity index (χ2v) is 6.95. The average molecular weight is 300 g/mol. The maximum Gasteiger partial charge on any atom is 0.233 e. The summed E-state index contributed by atoms with van der Waals surface area (Å²) >= 11 is 5.38. The Labute approximate surface area is 114 Å². The van der Waals surface area contributed by atoms with Crippen LogP contribution < -0.4 is 0 Å². The van der Waals surface area contributed by atoms with E-state index in [4.69, 9.17) is 17.1 Å². The first-order valence-electron chi connectivity index (χ1n) is 5.47. The standard InChI is InChI=1S/C11H10ClN3O3S/c12-10(16)11(14-15-13)6-9(7-11)19(17,18)8-4-2-1-3-5-8/h1-5,9H,6-7H2. The molecule has 2 rings (SSSR count). The number of halogens is 1. The minimum atomic E-state index is -3.52. The van der Waals surface area contributed by atoms with E-state index in [9.17, 15) is 13.2 Å².